The number of halogens is 2. The molecule has 20 aromatic rings. The van der Waals surface area contributed by atoms with Gasteiger partial charge < -0.3 is 76.5 Å². The zero-order valence-electron chi connectivity index (χ0n) is 78.3. The van der Waals surface area contributed by atoms with Crippen LogP contribution in [0.1, 0.15) is 81.7 Å². The van der Waals surface area contributed by atoms with Crippen LogP contribution in [0.5, 0.6) is 0 Å². The molecule has 145 heavy (non-hydrogen) atoms. The highest BCUT2D eigenvalue weighted by atomic mass is 35.5. The number of hydrogen-bond acceptors (Lipinski definition) is 24. The maximum absolute atomic E-state index is 14.0. The van der Waals surface area contributed by atoms with Crippen LogP contribution in [0, 0.1) is 27.7 Å². The molecule has 0 amide bonds. The van der Waals surface area contributed by atoms with Crippen LogP contribution in [-0.2, 0) is 36.4 Å². The van der Waals surface area contributed by atoms with Crippen molar-refractivity contribution in [3.63, 3.8) is 0 Å². The third kappa shape index (κ3) is 23.1. The number of carboxylic acids is 4. The lowest BCUT2D eigenvalue weighted by atomic mass is 10.1. The van der Waals surface area contributed by atoms with E-state index >= 15 is 0 Å². The summed E-state index contributed by atoms with van der Waals surface area (Å²) in [5.74, 6) is -1.68. The van der Waals surface area contributed by atoms with Gasteiger partial charge in [-0.2, -0.15) is 0 Å². The van der Waals surface area contributed by atoms with Gasteiger partial charge in [-0.25, -0.2) is 19.2 Å². The molecule has 20 rings (SSSR count). The molecule has 8 N–H and O–H groups in total. The second-order valence-electron chi connectivity index (χ2n) is 32.6. The Hall–Kier alpha value is -14.3. The number of aryl methyl sites for hydroxylation is 4. The lowest BCUT2D eigenvalue weighted by molar-refractivity contribution is 0.0692. The van der Waals surface area contributed by atoms with E-state index in [2.05, 4.69) is 40.3 Å². The van der Waals surface area contributed by atoms with Crippen LogP contribution in [0.15, 0.2) is 322 Å². The van der Waals surface area contributed by atoms with Crippen molar-refractivity contribution < 1.29 is 93.6 Å². The number of rotatable bonds is 31. The third-order valence-corrected chi connectivity index (χ3v) is 36.5. The number of thiophene rings is 4. The van der Waals surface area contributed by atoms with E-state index in [9.17, 15) is 57.9 Å². The van der Waals surface area contributed by atoms with Crippen LogP contribution >= 0.6 is 98.6 Å². The highest BCUT2D eigenvalue weighted by Crippen LogP contribution is 2.55. The molecule has 0 bridgehead atoms. The van der Waals surface area contributed by atoms with Crippen molar-refractivity contribution in [1.82, 2.24) is 19.9 Å². The van der Waals surface area contributed by atoms with E-state index in [1.807, 2.05) is 215 Å². The van der Waals surface area contributed by atoms with Gasteiger partial charge in [0, 0.05) is 108 Å². The molecule has 0 fully saturated rings. The second kappa shape index (κ2) is 44.1. The second-order valence-corrected chi connectivity index (χ2v) is 46.1. The first-order valence-electron chi connectivity index (χ1n) is 44.8. The first-order chi connectivity index (χ1) is 69.8. The van der Waals surface area contributed by atoms with E-state index < -0.39 is 54.0 Å². The summed E-state index contributed by atoms with van der Waals surface area (Å²) in [6, 6.07) is 83.5. The lowest BCUT2D eigenvalue weighted by Crippen LogP contribution is -2.18. The number of carboxylic acid groups (broad SMARTS) is 4. The number of hydrogen-bond donors (Lipinski definition) is 8. The number of anilines is 4. The Morgan fingerprint density at radius 1 is 0.317 bits per heavy atom. The van der Waals surface area contributed by atoms with Crippen LogP contribution in [0.4, 0.5) is 22.7 Å². The van der Waals surface area contributed by atoms with Gasteiger partial charge in [-0.05, 0) is 215 Å². The Morgan fingerprint density at radius 3 is 0.869 bits per heavy atom. The Morgan fingerprint density at radius 2 is 0.579 bits per heavy atom. The molecule has 0 spiro atoms. The molecule has 0 saturated heterocycles. The maximum Gasteiger partial charge on any atom is 0.348 e. The van der Waals surface area contributed by atoms with Gasteiger partial charge in [0.25, 0.3) is 0 Å². The minimum Gasteiger partial charge on any atom is -0.477 e. The van der Waals surface area contributed by atoms with E-state index in [0.717, 1.165) is 138 Å². The molecule has 28 nitrogen and oxygen atoms in total. The molecule has 12 aromatic heterocycles. The summed E-state index contributed by atoms with van der Waals surface area (Å²) in [6.45, 7) is 13.3. The topological polar surface area (TPSA) is 407 Å². The molecule has 0 aliphatic rings. The van der Waals surface area contributed by atoms with Gasteiger partial charge in [-0.15, -0.1) is 45.3 Å². The molecular weight excluding hydrogens is 2040 g/mol. The average molecular weight is 2130 g/mol. The molecule has 38 heteroatoms. The van der Waals surface area contributed by atoms with Crippen LogP contribution in [-0.4, -0.2) is 91.2 Å². The lowest BCUT2D eigenvalue weighted by Gasteiger charge is -2.22. The number of fused-ring (bicyclic) bond motifs is 4. The molecule has 0 radical (unpaired) electrons. The van der Waals surface area contributed by atoms with Crippen LogP contribution in [0.2, 0.25) is 10.0 Å². The number of furan rings is 4. The van der Waals surface area contributed by atoms with Crippen molar-refractivity contribution in [2.24, 2.45) is 0 Å². The van der Waals surface area contributed by atoms with Crippen LogP contribution in [0.25, 0.3) is 131 Å². The summed E-state index contributed by atoms with van der Waals surface area (Å²) >= 11 is 16.4. The Labute approximate surface area is 856 Å². The van der Waals surface area contributed by atoms with E-state index in [-0.39, 0.29) is 62.1 Å². The minimum absolute atomic E-state index is 0.0290. The summed E-state index contributed by atoms with van der Waals surface area (Å²) in [6.07, 6.45) is 6.86. The third-order valence-electron chi connectivity index (χ3n) is 22.6. The van der Waals surface area contributed by atoms with Gasteiger partial charge in [0.2, 0.25) is 0 Å². The first kappa shape index (κ1) is 102. The van der Waals surface area contributed by atoms with Crippen LogP contribution < -0.4 is 41.6 Å². The number of nitrogens with one attached hydrogen (secondary N) is 4. The van der Waals surface area contributed by atoms with Gasteiger partial charge in [-0.3, -0.25) is 38.2 Å². The normalized spacial score (nSPS) is 13.0. The van der Waals surface area contributed by atoms with Gasteiger partial charge in [0.1, 0.15) is 64.6 Å². The van der Waals surface area contributed by atoms with Crippen molar-refractivity contribution in [3.8, 4) is 87.1 Å². The molecule has 12 heterocycles. The highest BCUT2D eigenvalue weighted by Gasteiger charge is 2.36. The maximum atomic E-state index is 14.0. The number of nitrogens with zero attached hydrogens (tertiary/aromatic N) is 4. The standard InChI is InChI=1S/C28H25N2O5PS.C27H23N2O5PS.2C26H20ClN2O5PS/c1-4-34-36(33,25-12-7-17(2)14-18(25)3)30-22-16-26(37-27(22)28(31)32)20-10-8-19(9-11-20)24-15-21-23(35-24)6-5-13-29-21;1-3-33-35(32,20-12-6-17(2)7-13-20)29-22-16-25(36-26(22)27(30)31)19-10-8-18(9-11-19)24-15-21-23(34-24)5-4-14-28-21;1-15-12-18(27)9-10-23(15)35(32,33-2)29-20-14-24(36-25(20)26(30)31)17-7-5-16(6-8-17)22-13-19-21(34-22)4-3-11-28-19;1-2-33-35(32,19-11-9-18(27)10-12-19)29-21-15-24(36-25(21)26(30)31)17-7-5-16(6-8-17)23-14-20-22(34-23)4-3-13-28-20/h5-16H,4H2,1-3H3,(H,30,33)(H,31,32);4-16H,3H2,1-2H3,(H,29,32)(H,30,31);3-14H,1-2H3,(H,29,32)(H,30,31);3-15H,2H2,1H3,(H,29,32)(H,30,31). The van der Waals surface area contributed by atoms with Crippen molar-refractivity contribution in [1.29, 1.82) is 0 Å². The van der Waals surface area contributed by atoms with Gasteiger partial charge in [0.05, 0.1) is 63.8 Å². The summed E-state index contributed by atoms with van der Waals surface area (Å²) in [4.78, 5) is 68.4. The SMILES string of the molecule is CCOP(=O)(Nc1cc(-c2ccc(-c3cc4ncccc4o3)cc2)sc1C(=O)O)c1ccc(C)cc1.CCOP(=O)(Nc1cc(-c2ccc(-c3cc4ncccc4o3)cc2)sc1C(=O)O)c1ccc(C)cc1C.CCOP(=O)(Nc1cc(-c2ccc(-c3cc4ncccc4o3)cc2)sc1C(=O)O)c1ccc(Cl)cc1.COP(=O)(Nc1cc(-c2ccc(-c3cc4ncccc4o3)cc2)sc1C(=O)O)c1ccc(Cl)cc1C. The first-order valence-corrected chi connectivity index (χ1v) is 55.3. The molecule has 734 valence electrons. The fraction of sp³-hybridized carbons (Fsp3) is 0.103. The predicted octanol–water partition coefficient (Wildman–Crippen LogP) is 29.7. The smallest absolute Gasteiger partial charge is 0.348 e. The van der Waals surface area contributed by atoms with Crippen molar-refractivity contribution in [2.75, 3.05) is 47.3 Å². The number of aromatic nitrogens is 4. The Bertz CT molecular complexity index is 8060. The predicted molar refractivity (Wildman–Crippen MR) is 579 cm³/mol. The summed E-state index contributed by atoms with van der Waals surface area (Å²) < 4.78 is 101. The monoisotopic (exact) mass is 2130 g/mol. The summed E-state index contributed by atoms with van der Waals surface area (Å²) in [7, 11) is -13.0. The van der Waals surface area contributed by atoms with Gasteiger partial charge >= 0.3 is 54.0 Å². The zero-order chi connectivity index (χ0) is 102. The van der Waals surface area contributed by atoms with Crippen molar-refractivity contribution >= 4 is 211 Å². The molecule has 0 saturated carbocycles. The van der Waals surface area contributed by atoms with E-state index in [0.29, 0.717) is 92.0 Å². The highest BCUT2D eigenvalue weighted by molar-refractivity contribution is 7.69. The number of pyridine rings is 4. The number of carbonyl (C=O) groups is 4. The fourth-order valence-electron chi connectivity index (χ4n) is 15.7. The molecule has 0 aliphatic carbocycles. The van der Waals surface area contributed by atoms with Crippen molar-refractivity contribution in [2.45, 2.75) is 48.5 Å². The molecular formula is C107H88Cl2N8O20P4S4. The molecule has 8 aromatic carbocycles. The zero-order valence-corrected chi connectivity index (χ0v) is 86.6. The van der Waals surface area contributed by atoms with E-state index in [1.54, 1.807) is 137 Å². The molecule has 4 unspecified atom stereocenters. The van der Waals surface area contributed by atoms with E-state index in [4.69, 9.17) is 59.0 Å². The summed E-state index contributed by atoms with van der Waals surface area (Å²) in [5.41, 5.74) is 17.2. The Balaban J connectivity index is 0.000000132. The minimum atomic E-state index is -3.62. The quantitative estimate of drug-likeness (QED) is 0.0187. The van der Waals surface area contributed by atoms with Crippen molar-refractivity contribution in [3.05, 3.63) is 356 Å². The number of aromatic carboxylic acids is 4. The van der Waals surface area contributed by atoms with Gasteiger partial charge in [-0.1, -0.05) is 156 Å². The number of benzene rings is 8. The average Bonchev–Trinajstić information content (AvgIpc) is 1.66. The van der Waals surface area contributed by atoms with Gasteiger partial charge in [0.15, 0.2) is 22.3 Å². The fourth-order valence-corrected chi connectivity index (χ4v) is 27.3. The Kier molecular flexibility index (Phi) is 31.1. The van der Waals surface area contributed by atoms with Crippen LogP contribution in [0.3, 0.4) is 0 Å². The van der Waals surface area contributed by atoms with E-state index in [1.165, 1.54) is 7.11 Å². The largest absolute Gasteiger partial charge is 0.477 e. The molecule has 4 atom stereocenters. The molecule has 0 aliphatic heterocycles. The summed E-state index contributed by atoms with van der Waals surface area (Å²) in [5, 5.41) is 53.8.